The Morgan fingerprint density at radius 1 is 1.10 bits per heavy atom. The molecule has 0 aliphatic carbocycles. The summed E-state index contributed by atoms with van der Waals surface area (Å²) < 4.78 is 55.2. The first-order chi connectivity index (χ1) is 19.1. The first-order valence-corrected chi connectivity index (χ1v) is 13.1. The molecule has 5 nitrogen and oxygen atoms in total. The lowest BCUT2D eigenvalue weighted by Gasteiger charge is -2.40. The van der Waals surface area contributed by atoms with Gasteiger partial charge in [0.25, 0.3) is 0 Å². The van der Waals surface area contributed by atoms with E-state index >= 15 is 0 Å². The first-order valence-electron chi connectivity index (χ1n) is 13.1. The van der Waals surface area contributed by atoms with Gasteiger partial charge in [0.1, 0.15) is 11.6 Å². The highest BCUT2D eigenvalue weighted by molar-refractivity contribution is 5.89. The molecule has 2 heterocycles. The molecule has 9 heteroatoms. The molecule has 40 heavy (non-hydrogen) atoms. The van der Waals surface area contributed by atoms with Crippen molar-refractivity contribution < 1.29 is 27.5 Å². The van der Waals surface area contributed by atoms with E-state index in [9.17, 15) is 27.5 Å². The van der Waals surface area contributed by atoms with Crippen molar-refractivity contribution in [1.29, 1.82) is 0 Å². The Kier molecular flexibility index (Phi) is 7.76. The molecule has 0 spiro atoms. The van der Waals surface area contributed by atoms with Crippen molar-refractivity contribution in [3.05, 3.63) is 107 Å². The van der Waals surface area contributed by atoms with Crippen molar-refractivity contribution in [2.24, 2.45) is 5.92 Å². The van der Waals surface area contributed by atoms with Crippen molar-refractivity contribution in [3.63, 3.8) is 0 Å². The van der Waals surface area contributed by atoms with Crippen molar-refractivity contribution in [1.82, 2.24) is 10.3 Å². The summed E-state index contributed by atoms with van der Waals surface area (Å²) in [4.78, 5) is 17.2. The van der Waals surface area contributed by atoms with Crippen LogP contribution in [0.2, 0.25) is 0 Å². The average Bonchev–Trinajstić information content (AvgIpc) is 2.94. The van der Waals surface area contributed by atoms with Crippen LogP contribution < -0.4 is 10.2 Å². The molecule has 0 bridgehead atoms. The normalized spacial score (nSPS) is 18.6. The molecule has 1 aromatic heterocycles. The molecule has 0 radical (unpaired) electrons. The lowest BCUT2D eigenvalue weighted by atomic mass is 9.80. The van der Waals surface area contributed by atoms with Crippen LogP contribution in [0.25, 0.3) is 10.8 Å². The van der Waals surface area contributed by atoms with E-state index in [4.69, 9.17) is 0 Å². The van der Waals surface area contributed by atoms with Crippen LogP contribution in [-0.2, 0) is 6.18 Å². The summed E-state index contributed by atoms with van der Waals surface area (Å²) >= 11 is 0. The third-order valence-corrected chi connectivity index (χ3v) is 7.76. The highest BCUT2D eigenvalue weighted by Gasteiger charge is 2.38. The third-order valence-electron chi connectivity index (χ3n) is 7.76. The lowest BCUT2D eigenvalue weighted by molar-refractivity contribution is -0.138. The summed E-state index contributed by atoms with van der Waals surface area (Å²) in [7, 11) is 0. The summed E-state index contributed by atoms with van der Waals surface area (Å²) in [6.07, 6.45) is -3.45. The van der Waals surface area contributed by atoms with E-state index in [-0.39, 0.29) is 29.5 Å². The number of halogens is 4. The molecule has 4 aromatic rings. The van der Waals surface area contributed by atoms with E-state index in [2.05, 4.69) is 41.5 Å². The van der Waals surface area contributed by atoms with Crippen LogP contribution in [0.4, 0.5) is 23.4 Å². The van der Waals surface area contributed by atoms with Gasteiger partial charge in [0.05, 0.1) is 11.1 Å². The van der Waals surface area contributed by atoms with Crippen LogP contribution in [0, 0.1) is 11.7 Å². The number of aromatic carboxylic acids is 1. The molecule has 208 valence electrons. The van der Waals surface area contributed by atoms with Gasteiger partial charge in [-0.15, -0.1) is 0 Å². The van der Waals surface area contributed by atoms with E-state index in [1.807, 2.05) is 24.3 Å². The van der Waals surface area contributed by atoms with Gasteiger partial charge in [0.2, 0.25) is 0 Å². The van der Waals surface area contributed by atoms with Crippen LogP contribution in [0.15, 0.2) is 79.0 Å². The summed E-state index contributed by atoms with van der Waals surface area (Å²) in [6.45, 7) is 3.46. The van der Waals surface area contributed by atoms with Crippen molar-refractivity contribution in [2.75, 3.05) is 24.5 Å². The molecule has 1 aliphatic rings. The fraction of sp³-hybridized carbons (Fsp3) is 0.290. The standard InChI is InChI=1S/C31H29F4N3O2/c1-19(24-11-5-7-20-6-2-3-10-25(20)24)36-16-22-12-13-38(18-27(22)21-8-4-9-23(32)14-21)29-15-28(31(33,34)35)26(17-37-29)30(39)40/h2-11,14-15,17,19,22,27,36H,12-13,16,18H2,1H3,(H,39,40). The number of hydrogen-bond acceptors (Lipinski definition) is 4. The number of rotatable bonds is 7. The maximum Gasteiger partial charge on any atom is 0.417 e. The van der Waals surface area contributed by atoms with Gasteiger partial charge in [0, 0.05) is 31.2 Å². The van der Waals surface area contributed by atoms with Gasteiger partial charge in [0.15, 0.2) is 0 Å². The minimum Gasteiger partial charge on any atom is -0.478 e. The second-order valence-corrected chi connectivity index (χ2v) is 10.2. The van der Waals surface area contributed by atoms with E-state index in [1.165, 1.54) is 17.7 Å². The van der Waals surface area contributed by atoms with E-state index < -0.39 is 23.3 Å². The van der Waals surface area contributed by atoms with Crippen LogP contribution in [0.5, 0.6) is 0 Å². The Hall–Kier alpha value is -3.98. The quantitative estimate of drug-likeness (QED) is 0.241. The highest BCUT2D eigenvalue weighted by atomic mass is 19.4. The Morgan fingerprint density at radius 2 is 1.85 bits per heavy atom. The summed E-state index contributed by atoms with van der Waals surface area (Å²) in [5.41, 5.74) is -0.202. The zero-order valence-corrected chi connectivity index (χ0v) is 21.8. The number of carboxylic acids is 1. The second-order valence-electron chi connectivity index (χ2n) is 10.2. The van der Waals surface area contributed by atoms with Crippen LogP contribution >= 0.6 is 0 Å². The maximum absolute atomic E-state index is 14.2. The molecule has 1 saturated heterocycles. The van der Waals surface area contributed by atoms with Gasteiger partial charge in [-0.1, -0.05) is 54.6 Å². The first kappa shape index (κ1) is 27.6. The number of carboxylic acid groups (broad SMARTS) is 1. The van der Waals surface area contributed by atoms with Gasteiger partial charge >= 0.3 is 12.1 Å². The molecule has 2 N–H and O–H groups in total. The molecule has 1 aliphatic heterocycles. The molecule has 5 rings (SSSR count). The number of hydrogen-bond donors (Lipinski definition) is 2. The number of piperidine rings is 1. The molecular weight excluding hydrogens is 522 g/mol. The predicted molar refractivity (Wildman–Crippen MR) is 146 cm³/mol. The molecule has 3 unspecified atom stereocenters. The number of benzene rings is 3. The van der Waals surface area contributed by atoms with Gasteiger partial charge < -0.3 is 15.3 Å². The summed E-state index contributed by atoms with van der Waals surface area (Å²) in [5, 5.41) is 15.2. The van der Waals surface area contributed by atoms with Gasteiger partial charge in [-0.2, -0.15) is 13.2 Å². The third kappa shape index (κ3) is 5.79. The van der Waals surface area contributed by atoms with Crippen molar-refractivity contribution in [2.45, 2.75) is 31.5 Å². The Balaban J connectivity index is 1.40. The highest BCUT2D eigenvalue weighted by Crippen LogP contribution is 2.38. The van der Waals surface area contributed by atoms with Crippen LogP contribution in [0.3, 0.4) is 0 Å². The molecule has 3 aromatic carbocycles. The van der Waals surface area contributed by atoms with E-state index in [0.717, 1.165) is 28.6 Å². The fourth-order valence-electron chi connectivity index (χ4n) is 5.66. The maximum atomic E-state index is 14.2. The Morgan fingerprint density at radius 3 is 2.60 bits per heavy atom. The summed E-state index contributed by atoms with van der Waals surface area (Å²) in [6, 6.07) is 21.5. The van der Waals surface area contributed by atoms with Crippen LogP contribution in [-0.4, -0.2) is 35.7 Å². The molecular formula is C31H29F4N3O2. The molecule has 0 saturated carbocycles. The lowest BCUT2D eigenvalue weighted by Crippen LogP contribution is -2.43. The SMILES string of the molecule is CC(NCC1CCN(c2cc(C(F)(F)F)c(C(=O)O)cn2)CC1c1cccc(F)c1)c1cccc2ccccc12. The number of alkyl halides is 3. The zero-order chi connectivity index (χ0) is 28.4. The topological polar surface area (TPSA) is 65.5 Å². The predicted octanol–water partition coefficient (Wildman–Crippen LogP) is 7.05. The second kappa shape index (κ2) is 11.3. The number of carbonyl (C=O) groups is 1. The smallest absolute Gasteiger partial charge is 0.417 e. The largest absolute Gasteiger partial charge is 0.478 e. The number of pyridine rings is 1. The number of anilines is 1. The van der Waals surface area contributed by atoms with Gasteiger partial charge in [-0.3, -0.25) is 0 Å². The number of nitrogens with one attached hydrogen (secondary N) is 1. The fourth-order valence-corrected chi connectivity index (χ4v) is 5.66. The Bertz CT molecular complexity index is 1520. The molecule has 3 atom stereocenters. The van der Waals surface area contributed by atoms with Gasteiger partial charge in [-0.25, -0.2) is 14.2 Å². The van der Waals surface area contributed by atoms with Crippen molar-refractivity contribution >= 4 is 22.6 Å². The molecule has 0 amide bonds. The summed E-state index contributed by atoms with van der Waals surface area (Å²) in [5.74, 6) is -2.13. The monoisotopic (exact) mass is 551 g/mol. The zero-order valence-electron chi connectivity index (χ0n) is 21.8. The number of fused-ring (bicyclic) bond motifs is 1. The minimum atomic E-state index is -4.84. The molecule has 1 fully saturated rings. The van der Waals surface area contributed by atoms with Crippen molar-refractivity contribution in [3.8, 4) is 0 Å². The average molecular weight is 552 g/mol. The minimum absolute atomic E-state index is 0.0388. The van der Waals surface area contributed by atoms with Crippen LogP contribution in [0.1, 0.15) is 52.4 Å². The van der Waals surface area contributed by atoms with E-state index in [0.29, 0.717) is 26.1 Å². The van der Waals surface area contributed by atoms with Gasteiger partial charge in [-0.05, 0) is 65.9 Å². The number of aromatic nitrogens is 1. The Labute approximate surface area is 229 Å². The van der Waals surface area contributed by atoms with E-state index in [1.54, 1.807) is 11.0 Å². The number of nitrogens with zero attached hydrogens (tertiary/aromatic N) is 2.